The normalized spacial score (nSPS) is 39.5. The fourth-order valence-electron chi connectivity index (χ4n) is 1.38. The molecule has 0 amide bonds. The Morgan fingerprint density at radius 2 is 1.73 bits per heavy atom. The van der Waals surface area contributed by atoms with E-state index in [0.717, 1.165) is 0 Å². The lowest BCUT2D eigenvalue weighted by Crippen LogP contribution is -2.51. The maximum Gasteiger partial charge on any atom is 0.363 e. The molecule has 2 rings (SSSR count). The van der Waals surface area contributed by atoms with Crippen LogP contribution in [0.2, 0.25) is 0 Å². The number of fused-ring (bicyclic) bond motifs is 1. The Bertz CT molecular complexity index is 441. The molecule has 0 bridgehead atoms. The molecule has 1 fully saturated rings. The minimum atomic E-state index is -4.04. The molecule has 0 spiro atoms. The van der Waals surface area contributed by atoms with Gasteiger partial charge in [-0.3, -0.25) is 0 Å². The summed E-state index contributed by atoms with van der Waals surface area (Å²) in [5.41, 5.74) is -7.66. The van der Waals surface area contributed by atoms with Gasteiger partial charge in [-0.15, -0.1) is 0 Å². The van der Waals surface area contributed by atoms with Gasteiger partial charge < -0.3 is 4.74 Å². The number of alkyl halides is 2. The maximum atomic E-state index is 13.6. The summed E-state index contributed by atoms with van der Waals surface area (Å²) in [6.07, 6.45) is 0.353. The fourth-order valence-corrected chi connectivity index (χ4v) is 1.38. The number of hydrogen-bond acceptors (Lipinski definition) is 3. The van der Waals surface area contributed by atoms with Gasteiger partial charge in [0.25, 0.3) is 5.67 Å². The van der Waals surface area contributed by atoms with Crippen LogP contribution in [0.1, 0.15) is 0 Å². The van der Waals surface area contributed by atoms with Crippen molar-refractivity contribution < 1.29 is 31.9 Å². The van der Waals surface area contributed by atoms with Gasteiger partial charge in [0.05, 0.1) is 0 Å². The van der Waals surface area contributed by atoms with Crippen LogP contribution >= 0.6 is 0 Å². The first kappa shape index (κ1) is 9.88. The summed E-state index contributed by atoms with van der Waals surface area (Å²) in [5.74, 6) is -8.03. The van der Waals surface area contributed by atoms with Crippen LogP contribution in [0.15, 0.2) is 23.8 Å². The molecule has 0 aromatic carbocycles. The molecule has 3 nitrogen and oxygen atoms in total. The van der Waals surface area contributed by atoms with Gasteiger partial charge >= 0.3 is 17.6 Å². The largest absolute Gasteiger partial charge is 0.388 e. The van der Waals surface area contributed by atoms with Crippen LogP contribution in [0.25, 0.3) is 0 Å². The number of carbonyl (C=O) groups excluding carboxylic acids is 2. The smallest absolute Gasteiger partial charge is 0.363 e. The molecule has 1 heterocycles. The van der Waals surface area contributed by atoms with Crippen molar-refractivity contribution in [3.8, 4) is 0 Å². The van der Waals surface area contributed by atoms with Crippen molar-refractivity contribution in [1.29, 1.82) is 0 Å². The Morgan fingerprint density at radius 1 is 1.13 bits per heavy atom. The van der Waals surface area contributed by atoms with Gasteiger partial charge in [-0.25, -0.2) is 27.2 Å². The zero-order valence-corrected chi connectivity index (χ0v) is 6.89. The number of esters is 2. The van der Waals surface area contributed by atoms with E-state index in [1.807, 2.05) is 0 Å². The average molecular weight is 222 g/mol. The fraction of sp³-hybridized carbons (Fsp3) is 0.250. The van der Waals surface area contributed by atoms with Crippen LogP contribution in [-0.4, -0.2) is 23.3 Å². The van der Waals surface area contributed by atoms with Gasteiger partial charge in [0.2, 0.25) is 0 Å². The van der Waals surface area contributed by atoms with Gasteiger partial charge in [0.1, 0.15) is 0 Å². The summed E-state index contributed by atoms with van der Waals surface area (Å²) in [6, 6.07) is 0. The molecule has 0 aromatic rings. The molecule has 0 N–H and O–H groups in total. The van der Waals surface area contributed by atoms with Crippen molar-refractivity contribution in [3.05, 3.63) is 23.8 Å². The molecule has 0 aromatic heterocycles. The molecule has 2 aliphatic rings. The molecule has 0 radical (unpaired) electrons. The van der Waals surface area contributed by atoms with Crippen LogP contribution in [0.3, 0.4) is 0 Å². The van der Waals surface area contributed by atoms with Gasteiger partial charge in [0.15, 0.2) is 11.7 Å². The zero-order chi connectivity index (χ0) is 11.4. The van der Waals surface area contributed by atoms with Crippen LogP contribution in [0.5, 0.6) is 0 Å². The molecule has 1 saturated heterocycles. The van der Waals surface area contributed by atoms with Crippen LogP contribution in [0.4, 0.5) is 17.6 Å². The van der Waals surface area contributed by atoms with Crippen LogP contribution < -0.4 is 0 Å². The molecular weight excluding hydrogens is 220 g/mol. The lowest BCUT2D eigenvalue weighted by molar-refractivity contribution is -0.155. The maximum absolute atomic E-state index is 13.6. The van der Waals surface area contributed by atoms with E-state index in [2.05, 4.69) is 4.74 Å². The highest BCUT2D eigenvalue weighted by Gasteiger charge is 2.75. The number of halogens is 4. The SMILES string of the molecule is O=C1OC(=O)C2(F)C(F)=C(F)C=CC12F. The topological polar surface area (TPSA) is 43.4 Å². The number of cyclic esters (lactones) is 2. The van der Waals surface area contributed by atoms with E-state index >= 15 is 0 Å². The minimum absolute atomic E-state index is 0.124. The van der Waals surface area contributed by atoms with Crippen molar-refractivity contribution in [2.24, 2.45) is 0 Å². The molecular formula is C8H2F4O3. The van der Waals surface area contributed by atoms with E-state index in [-0.39, 0.29) is 12.2 Å². The van der Waals surface area contributed by atoms with Gasteiger partial charge in [-0.05, 0) is 12.2 Å². The van der Waals surface area contributed by atoms with E-state index in [9.17, 15) is 27.2 Å². The van der Waals surface area contributed by atoms with Crippen molar-refractivity contribution in [2.75, 3.05) is 0 Å². The van der Waals surface area contributed by atoms with E-state index in [0.29, 0.717) is 0 Å². The van der Waals surface area contributed by atoms with Crippen molar-refractivity contribution in [2.45, 2.75) is 11.3 Å². The van der Waals surface area contributed by atoms with Crippen LogP contribution in [0, 0.1) is 0 Å². The molecule has 1 aliphatic carbocycles. The minimum Gasteiger partial charge on any atom is -0.388 e. The summed E-state index contributed by atoms with van der Waals surface area (Å²) in [5, 5.41) is 0. The number of rotatable bonds is 0. The standard InChI is InChI=1S/C8H2F4O3/c9-3-1-2-7(11)5(13)15-6(14)8(7,12)4(3)10/h1-2H. The molecule has 80 valence electrons. The Labute approximate surface area is 80.0 Å². The quantitative estimate of drug-likeness (QED) is 0.351. The predicted molar refractivity (Wildman–Crippen MR) is 37.2 cm³/mol. The zero-order valence-electron chi connectivity index (χ0n) is 6.89. The van der Waals surface area contributed by atoms with E-state index < -0.39 is 34.9 Å². The molecule has 0 saturated carbocycles. The van der Waals surface area contributed by atoms with Gasteiger partial charge in [-0.1, -0.05) is 0 Å². The van der Waals surface area contributed by atoms with Gasteiger partial charge in [-0.2, -0.15) is 0 Å². The second-order valence-corrected chi connectivity index (χ2v) is 3.04. The highest BCUT2D eigenvalue weighted by molar-refractivity contribution is 6.09. The Kier molecular flexibility index (Phi) is 1.63. The van der Waals surface area contributed by atoms with E-state index in [4.69, 9.17) is 0 Å². The van der Waals surface area contributed by atoms with Crippen molar-refractivity contribution >= 4 is 11.9 Å². The van der Waals surface area contributed by atoms with Crippen LogP contribution in [-0.2, 0) is 14.3 Å². The predicted octanol–water partition coefficient (Wildman–Crippen LogP) is 1.21. The van der Waals surface area contributed by atoms with Crippen molar-refractivity contribution in [3.63, 3.8) is 0 Å². The number of allylic oxidation sites excluding steroid dienone is 2. The molecule has 1 aliphatic heterocycles. The number of carbonyl (C=O) groups is 2. The highest BCUT2D eigenvalue weighted by Crippen LogP contribution is 2.49. The second-order valence-electron chi connectivity index (χ2n) is 3.04. The number of ether oxygens (including phenoxy) is 1. The highest BCUT2D eigenvalue weighted by atomic mass is 19.2. The first-order valence-corrected chi connectivity index (χ1v) is 3.73. The lowest BCUT2D eigenvalue weighted by Gasteiger charge is -2.25. The second kappa shape index (κ2) is 2.47. The Balaban J connectivity index is 2.71. The summed E-state index contributed by atoms with van der Waals surface area (Å²) in [4.78, 5) is 21.5. The van der Waals surface area contributed by atoms with Crippen molar-refractivity contribution in [1.82, 2.24) is 0 Å². The van der Waals surface area contributed by atoms with E-state index in [1.165, 1.54) is 0 Å². The summed E-state index contributed by atoms with van der Waals surface area (Å²) in [6.45, 7) is 0. The molecule has 2 atom stereocenters. The Morgan fingerprint density at radius 3 is 2.33 bits per heavy atom. The van der Waals surface area contributed by atoms with Gasteiger partial charge in [0, 0.05) is 0 Å². The lowest BCUT2D eigenvalue weighted by atomic mass is 9.83. The first-order valence-electron chi connectivity index (χ1n) is 3.73. The summed E-state index contributed by atoms with van der Waals surface area (Å²) < 4.78 is 56.5. The summed E-state index contributed by atoms with van der Waals surface area (Å²) in [7, 11) is 0. The number of hydrogen-bond donors (Lipinski definition) is 0. The molecule has 15 heavy (non-hydrogen) atoms. The average Bonchev–Trinajstić information content (AvgIpc) is 2.36. The Hall–Kier alpha value is -1.66. The molecule has 7 heteroatoms. The van der Waals surface area contributed by atoms with E-state index in [1.54, 1.807) is 0 Å². The third-order valence-corrected chi connectivity index (χ3v) is 2.24. The third-order valence-electron chi connectivity index (χ3n) is 2.24. The summed E-state index contributed by atoms with van der Waals surface area (Å²) >= 11 is 0. The molecule has 2 unspecified atom stereocenters. The monoisotopic (exact) mass is 222 g/mol. The third kappa shape index (κ3) is 0.852. The first-order chi connectivity index (χ1) is 6.84.